The van der Waals surface area contributed by atoms with Crippen LogP contribution in [-0.4, -0.2) is 93.4 Å². The van der Waals surface area contributed by atoms with Crippen LogP contribution < -0.4 is 54.6 Å². The molecule has 0 saturated carbocycles. The number of thiophene rings is 1. The predicted octanol–water partition coefficient (Wildman–Crippen LogP) is -6.61. The van der Waals surface area contributed by atoms with Gasteiger partial charge in [0.05, 0.1) is 0 Å². The number of fused-ring (bicyclic) bond motifs is 6. The fraction of sp³-hybridized carbons (Fsp3) is 0. The van der Waals surface area contributed by atoms with Crippen LogP contribution in [0.5, 0.6) is 0 Å². The molecule has 0 aliphatic rings. The van der Waals surface area contributed by atoms with E-state index < -0.39 is 0 Å². The van der Waals surface area contributed by atoms with Gasteiger partial charge in [0.15, 0.2) is 17.5 Å². The van der Waals surface area contributed by atoms with Crippen molar-refractivity contribution in [2.45, 2.75) is 0 Å². The molecule has 6 aromatic carbocycles. The van der Waals surface area contributed by atoms with E-state index >= 15 is 0 Å². The van der Waals surface area contributed by atoms with Crippen LogP contribution in [0, 0.1) is 0 Å². The first-order chi connectivity index (χ1) is 25.9. The van der Waals surface area contributed by atoms with Crippen LogP contribution in [-0.2, 0) is 0 Å². The lowest BCUT2D eigenvalue weighted by atomic mass is 9.60. The molecular weight excluding hydrogens is 667 g/mol. The van der Waals surface area contributed by atoms with Crippen LogP contribution in [0.4, 0.5) is 0 Å². The molecule has 0 saturated heterocycles. The van der Waals surface area contributed by atoms with E-state index in [0.29, 0.717) is 17.5 Å². The summed E-state index contributed by atoms with van der Waals surface area (Å²) in [5, 5.41) is 4.71. The van der Waals surface area contributed by atoms with Crippen molar-refractivity contribution in [1.29, 1.82) is 0 Å². The molecule has 54 heavy (non-hydrogen) atoms. The number of benzene rings is 6. The van der Waals surface area contributed by atoms with Crippen molar-refractivity contribution in [3.63, 3.8) is 0 Å². The predicted molar refractivity (Wildman–Crippen MR) is 264 cm³/mol. The molecule has 0 bridgehead atoms. The zero-order valence-corrected chi connectivity index (χ0v) is 33.5. The van der Waals surface area contributed by atoms with Gasteiger partial charge in [-0.15, -0.1) is 44.1 Å². The molecule has 4 nitrogen and oxygen atoms in total. The molecule has 0 radical (unpaired) electrons. The highest BCUT2D eigenvalue weighted by atomic mass is 32.1. The molecule has 0 amide bonds. The Labute approximate surface area is 328 Å². The highest BCUT2D eigenvalue weighted by Gasteiger charge is 2.22. The van der Waals surface area contributed by atoms with E-state index in [-0.39, 0.29) is 0 Å². The van der Waals surface area contributed by atoms with Crippen LogP contribution in [0.1, 0.15) is 0 Å². The summed E-state index contributed by atoms with van der Waals surface area (Å²) in [6.45, 7) is 0. The van der Waals surface area contributed by atoms with Gasteiger partial charge in [-0.25, -0.2) is 15.0 Å². The Hall–Kier alpha value is -5.00. The van der Waals surface area contributed by atoms with Crippen molar-refractivity contribution in [1.82, 2.24) is 15.0 Å². The van der Waals surface area contributed by atoms with Crippen molar-refractivity contribution < 1.29 is 4.42 Å². The van der Waals surface area contributed by atoms with Crippen molar-refractivity contribution in [2.24, 2.45) is 0 Å². The molecule has 9 rings (SSSR count). The normalized spacial score (nSPS) is 11.7. The Morgan fingerprint density at radius 3 is 1.44 bits per heavy atom. The van der Waals surface area contributed by atoms with Gasteiger partial charge in [-0.3, -0.25) is 0 Å². The Morgan fingerprint density at radius 2 is 0.870 bits per heavy atom. The Balaban J connectivity index is 1.27. The zero-order valence-electron chi connectivity index (χ0n) is 32.7. The van der Waals surface area contributed by atoms with Crippen LogP contribution in [0.15, 0.2) is 83.3 Å². The summed E-state index contributed by atoms with van der Waals surface area (Å²) in [5.41, 5.74) is 19.8. The lowest BCUT2D eigenvalue weighted by Crippen LogP contribution is -2.55. The summed E-state index contributed by atoms with van der Waals surface area (Å²) in [6.07, 6.45) is 0. The lowest BCUT2D eigenvalue weighted by Gasteiger charge is -2.22. The first-order valence-corrected chi connectivity index (χ1v) is 19.5. The van der Waals surface area contributed by atoms with Gasteiger partial charge in [-0.1, -0.05) is 64.3 Å². The first-order valence-electron chi connectivity index (χ1n) is 18.7. The quantitative estimate of drug-likeness (QED) is 0.172. The molecule has 0 fully saturated rings. The lowest BCUT2D eigenvalue weighted by molar-refractivity contribution is 0.669. The van der Waals surface area contributed by atoms with Gasteiger partial charge in [-0.05, 0) is 47.5 Å². The molecular formula is C39H33B10N3OS. The van der Waals surface area contributed by atoms with Gasteiger partial charge in [0.2, 0.25) is 0 Å². The number of furan rings is 1. The minimum atomic E-state index is 0.654. The van der Waals surface area contributed by atoms with Gasteiger partial charge in [0.25, 0.3) is 0 Å². The summed E-state index contributed by atoms with van der Waals surface area (Å²) < 4.78 is 9.05. The van der Waals surface area contributed by atoms with Gasteiger partial charge < -0.3 is 4.42 Å². The maximum atomic E-state index is 6.44. The van der Waals surface area contributed by atoms with Gasteiger partial charge in [0.1, 0.15) is 89.6 Å². The second-order valence-corrected chi connectivity index (χ2v) is 16.2. The average molecular weight is 700 g/mol. The summed E-state index contributed by atoms with van der Waals surface area (Å²) in [7, 11) is 22.0. The Bertz CT molecular complexity index is 2940. The third-order valence-corrected chi connectivity index (χ3v) is 13.7. The highest BCUT2D eigenvalue weighted by Crippen LogP contribution is 2.41. The Kier molecular flexibility index (Phi) is 8.24. The van der Waals surface area contributed by atoms with Gasteiger partial charge >= 0.3 is 0 Å². The third-order valence-electron chi connectivity index (χ3n) is 12.5. The fourth-order valence-electron chi connectivity index (χ4n) is 8.46. The summed E-state index contributed by atoms with van der Waals surface area (Å²) in [4.78, 5) is 15.9. The topological polar surface area (TPSA) is 51.8 Å². The van der Waals surface area contributed by atoms with Gasteiger partial charge in [0, 0.05) is 47.6 Å². The van der Waals surface area contributed by atoms with E-state index in [1.807, 2.05) is 11.3 Å². The summed E-state index contributed by atoms with van der Waals surface area (Å²) in [6, 6.07) is 28.2. The monoisotopic (exact) mass is 701 g/mol. The molecule has 0 spiro atoms. The molecule has 9 aromatic rings. The molecule has 0 atom stereocenters. The van der Waals surface area contributed by atoms with Gasteiger partial charge in [-0.2, -0.15) is 0 Å². The minimum absolute atomic E-state index is 0.654. The molecule has 0 aliphatic carbocycles. The van der Waals surface area contributed by atoms with E-state index in [1.54, 1.807) is 0 Å². The number of aromatic nitrogens is 3. The largest absolute Gasteiger partial charge is 0.456 e. The Morgan fingerprint density at radius 1 is 0.407 bits per heavy atom. The van der Waals surface area contributed by atoms with Crippen LogP contribution in [0.2, 0.25) is 0 Å². The number of hydrogen-bond acceptors (Lipinski definition) is 5. The first kappa shape index (κ1) is 34.7. The molecule has 246 valence electrons. The average Bonchev–Trinajstić information content (AvgIpc) is 3.75. The molecule has 3 aromatic heterocycles. The molecule has 15 heteroatoms. The maximum absolute atomic E-state index is 6.44. The van der Waals surface area contributed by atoms with Crippen molar-refractivity contribution in [3.8, 4) is 45.3 Å². The SMILES string of the molecule is Bc1c(B)c(B)c(-c2nc(-c3ccc4oc5ccc(-c6cccc7c6sc6ccccc67)cc5c4c3)nc(-c3c(B)c(B)c(B)c(B)c3B)n2)c(B)c1B. The fourth-order valence-corrected chi connectivity index (χ4v) is 9.70. The standard InChI is InChI=1S/C39H33B10N3OS/c40-26-24(27(41)31(45)34(48)30(26)44)38-50-37(51-39(52-38)25-28(42)32(46)35(49)33(47)29(25)43)15-9-11-22-20(13-15)19-12-14(8-10-21(19)53-22)16-5-3-6-18-17-4-1-2-7-23(17)54-36(16)18/h1-13H,40-49H2. The summed E-state index contributed by atoms with van der Waals surface area (Å²) >= 11 is 1.86. The smallest absolute Gasteiger partial charge is 0.164 e. The summed E-state index contributed by atoms with van der Waals surface area (Å²) in [5.74, 6) is 2.07. The molecule has 0 aliphatic heterocycles. The van der Waals surface area contributed by atoms with E-state index in [2.05, 4.69) is 157 Å². The zero-order chi connectivity index (χ0) is 37.7. The molecule has 0 N–H and O–H groups in total. The van der Waals surface area contributed by atoms with E-state index in [1.165, 1.54) is 85.9 Å². The maximum Gasteiger partial charge on any atom is 0.164 e. The van der Waals surface area contributed by atoms with E-state index in [0.717, 1.165) is 38.6 Å². The number of hydrogen-bond donors (Lipinski definition) is 0. The highest BCUT2D eigenvalue weighted by molar-refractivity contribution is 7.26. The van der Waals surface area contributed by atoms with Crippen molar-refractivity contribution >= 4 is 187 Å². The molecule has 3 heterocycles. The molecule has 0 unspecified atom stereocenters. The van der Waals surface area contributed by atoms with Crippen LogP contribution in [0.3, 0.4) is 0 Å². The van der Waals surface area contributed by atoms with Crippen molar-refractivity contribution in [3.05, 3.63) is 78.9 Å². The van der Waals surface area contributed by atoms with Crippen molar-refractivity contribution in [2.75, 3.05) is 0 Å². The number of rotatable bonds is 4. The van der Waals surface area contributed by atoms with E-state index in [9.17, 15) is 0 Å². The second kappa shape index (κ2) is 12.8. The third kappa shape index (κ3) is 5.22. The van der Waals surface area contributed by atoms with E-state index in [4.69, 9.17) is 19.4 Å². The van der Waals surface area contributed by atoms with Crippen LogP contribution >= 0.6 is 11.3 Å². The van der Waals surface area contributed by atoms with Crippen LogP contribution in [0.25, 0.3) is 87.4 Å². The second-order valence-electron chi connectivity index (χ2n) is 15.1. The minimum Gasteiger partial charge on any atom is -0.456 e. The number of nitrogens with zero attached hydrogens (tertiary/aromatic N) is 3.